The van der Waals surface area contributed by atoms with Crippen molar-refractivity contribution < 1.29 is 4.79 Å². The number of aryl methyl sites for hydroxylation is 3. The molecule has 1 N–H and O–H groups in total. The van der Waals surface area contributed by atoms with Crippen LogP contribution in [0.5, 0.6) is 0 Å². The summed E-state index contributed by atoms with van der Waals surface area (Å²) in [6, 6.07) is 2.63. The summed E-state index contributed by atoms with van der Waals surface area (Å²) < 4.78 is 4.28. The summed E-state index contributed by atoms with van der Waals surface area (Å²) in [5, 5.41) is 17.1. The molecule has 2 aromatic rings. The van der Waals surface area contributed by atoms with E-state index in [9.17, 15) is 4.79 Å². The summed E-state index contributed by atoms with van der Waals surface area (Å²) in [7, 11) is 0. The number of nitrogens with one attached hydrogen (secondary N) is 1. The second kappa shape index (κ2) is 7.42. The standard InChI is InChI=1S/C18H26N6OS/c1-12-10-13(2)23(22-12)9-3-8-19-16(25)11-26-18-21-20-17(14-4-5-14)24(18)15-6-7-15/h10,14-15H,3-9,11H2,1-2H3,(H,19,25). The van der Waals surface area contributed by atoms with Gasteiger partial charge in [0.1, 0.15) is 5.82 Å². The van der Waals surface area contributed by atoms with Crippen LogP contribution in [0.3, 0.4) is 0 Å². The number of carbonyl (C=O) groups is 1. The summed E-state index contributed by atoms with van der Waals surface area (Å²) >= 11 is 1.51. The smallest absolute Gasteiger partial charge is 0.230 e. The number of hydrogen-bond donors (Lipinski definition) is 1. The van der Waals surface area contributed by atoms with E-state index < -0.39 is 0 Å². The Morgan fingerprint density at radius 2 is 2.08 bits per heavy atom. The average molecular weight is 375 g/mol. The van der Waals surface area contributed by atoms with Gasteiger partial charge in [-0.05, 0) is 52.0 Å². The number of thioether (sulfide) groups is 1. The number of hydrogen-bond acceptors (Lipinski definition) is 5. The second-order valence-corrected chi connectivity index (χ2v) is 8.30. The van der Waals surface area contributed by atoms with Gasteiger partial charge >= 0.3 is 0 Å². The van der Waals surface area contributed by atoms with Gasteiger partial charge in [0, 0.05) is 30.7 Å². The minimum absolute atomic E-state index is 0.0571. The van der Waals surface area contributed by atoms with Crippen LogP contribution in [0.15, 0.2) is 11.2 Å². The van der Waals surface area contributed by atoms with Crippen molar-refractivity contribution in [3.63, 3.8) is 0 Å². The zero-order valence-electron chi connectivity index (χ0n) is 15.4. The maximum absolute atomic E-state index is 12.1. The van der Waals surface area contributed by atoms with Crippen LogP contribution in [0.1, 0.15) is 61.3 Å². The average Bonchev–Trinajstić information content (AvgIpc) is 3.54. The molecule has 140 valence electrons. The van der Waals surface area contributed by atoms with E-state index in [0.29, 0.717) is 24.3 Å². The first kappa shape index (κ1) is 17.6. The van der Waals surface area contributed by atoms with Crippen molar-refractivity contribution in [2.45, 2.75) is 69.6 Å². The summed E-state index contributed by atoms with van der Waals surface area (Å²) in [6.07, 6.45) is 5.76. The highest BCUT2D eigenvalue weighted by Crippen LogP contribution is 2.45. The van der Waals surface area contributed by atoms with Crippen LogP contribution < -0.4 is 5.32 Å². The van der Waals surface area contributed by atoms with Gasteiger partial charge in [0.25, 0.3) is 0 Å². The van der Waals surface area contributed by atoms with Crippen LogP contribution in [0.4, 0.5) is 0 Å². The lowest BCUT2D eigenvalue weighted by atomic mass is 10.4. The van der Waals surface area contributed by atoms with Gasteiger partial charge in [-0.1, -0.05) is 11.8 Å². The summed E-state index contributed by atoms with van der Waals surface area (Å²) in [4.78, 5) is 12.1. The topological polar surface area (TPSA) is 77.6 Å². The van der Waals surface area contributed by atoms with E-state index in [-0.39, 0.29) is 5.91 Å². The Kier molecular flexibility index (Phi) is 5.02. The Labute approximate surface area is 157 Å². The highest BCUT2D eigenvalue weighted by molar-refractivity contribution is 7.99. The Balaban J connectivity index is 1.21. The molecule has 2 fully saturated rings. The van der Waals surface area contributed by atoms with E-state index >= 15 is 0 Å². The number of amides is 1. The van der Waals surface area contributed by atoms with Gasteiger partial charge in [-0.15, -0.1) is 10.2 Å². The predicted octanol–water partition coefficient (Wildman–Crippen LogP) is 2.60. The third-order valence-corrected chi connectivity index (χ3v) is 5.79. The van der Waals surface area contributed by atoms with Crippen molar-refractivity contribution in [2.24, 2.45) is 0 Å². The lowest BCUT2D eigenvalue weighted by molar-refractivity contribution is -0.118. The van der Waals surface area contributed by atoms with Crippen molar-refractivity contribution in [2.75, 3.05) is 12.3 Å². The lowest BCUT2D eigenvalue weighted by Crippen LogP contribution is -2.27. The molecule has 2 aliphatic carbocycles. The van der Waals surface area contributed by atoms with E-state index in [0.717, 1.165) is 35.3 Å². The van der Waals surface area contributed by atoms with Crippen molar-refractivity contribution in [3.05, 3.63) is 23.3 Å². The van der Waals surface area contributed by atoms with Crippen molar-refractivity contribution in [3.8, 4) is 0 Å². The number of aromatic nitrogens is 5. The SMILES string of the molecule is Cc1cc(C)n(CCCNC(=O)CSc2nnc(C3CC3)n2C2CC2)n1. The van der Waals surface area contributed by atoms with Gasteiger partial charge in [0.05, 0.1) is 11.4 Å². The second-order valence-electron chi connectivity index (χ2n) is 7.36. The fourth-order valence-corrected chi connectivity index (χ4v) is 4.06. The largest absolute Gasteiger partial charge is 0.355 e. The minimum atomic E-state index is 0.0571. The van der Waals surface area contributed by atoms with Crippen LogP contribution in [0.25, 0.3) is 0 Å². The first-order valence-corrected chi connectivity index (χ1v) is 10.5. The van der Waals surface area contributed by atoms with Gasteiger partial charge in [0.15, 0.2) is 5.16 Å². The maximum Gasteiger partial charge on any atom is 0.230 e. The van der Waals surface area contributed by atoms with Crippen LogP contribution in [-0.4, -0.2) is 42.7 Å². The van der Waals surface area contributed by atoms with Gasteiger partial charge in [0.2, 0.25) is 5.91 Å². The summed E-state index contributed by atoms with van der Waals surface area (Å²) in [5.41, 5.74) is 2.20. The highest BCUT2D eigenvalue weighted by atomic mass is 32.2. The van der Waals surface area contributed by atoms with E-state index in [4.69, 9.17) is 0 Å². The first-order valence-electron chi connectivity index (χ1n) is 9.47. The van der Waals surface area contributed by atoms with Crippen molar-refractivity contribution in [1.82, 2.24) is 29.9 Å². The lowest BCUT2D eigenvalue weighted by Gasteiger charge is -2.09. The molecule has 0 bridgehead atoms. The molecule has 0 aromatic carbocycles. The fraction of sp³-hybridized carbons (Fsp3) is 0.667. The molecule has 0 aliphatic heterocycles. The number of carbonyl (C=O) groups excluding carboxylic acids is 1. The normalized spacial score (nSPS) is 16.8. The van der Waals surface area contributed by atoms with Crippen LogP contribution in [0.2, 0.25) is 0 Å². The Hall–Kier alpha value is -1.83. The summed E-state index contributed by atoms with van der Waals surface area (Å²) in [5.74, 6) is 2.19. The van der Waals surface area contributed by atoms with Crippen LogP contribution >= 0.6 is 11.8 Å². The van der Waals surface area contributed by atoms with Crippen molar-refractivity contribution >= 4 is 17.7 Å². The third kappa shape index (κ3) is 4.11. The van der Waals surface area contributed by atoms with E-state index in [2.05, 4.69) is 38.2 Å². The van der Waals surface area contributed by atoms with Gasteiger partial charge in [-0.25, -0.2) is 0 Å². The molecule has 8 heteroatoms. The molecule has 0 saturated heterocycles. The van der Waals surface area contributed by atoms with E-state index in [1.54, 1.807) is 0 Å². The molecule has 1 amide bonds. The monoisotopic (exact) mass is 374 g/mol. The van der Waals surface area contributed by atoms with Gasteiger partial charge in [-0.2, -0.15) is 5.10 Å². The Bertz CT molecular complexity index is 790. The molecule has 2 saturated carbocycles. The molecule has 7 nitrogen and oxygen atoms in total. The molecule has 0 radical (unpaired) electrons. The molecule has 0 unspecified atom stereocenters. The molecular weight excluding hydrogens is 348 g/mol. The molecular formula is C18H26N6OS. The first-order chi connectivity index (χ1) is 12.6. The molecule has 26 heavy (non-hydrogen) atoms. The van der Waals surface area contributed by atoms with E-state index in [1.165, 1.54) is 37.4 Å². The fourth-order valence-electron chi connectivity index (χ4n) is 3.22. The van der Waals surface area contributed by atoms with E-state index in [1.807, 2.05) is 11.6 Å². The summed E-state index contributed by atoms with van der Waals surface area (Å²) in [6.45, 7) is 5.55. The minimum Gasteiger partial charge on any atom is -0.355 e. The van der Waals surface area contributed by atoms with Gasteiger partial charge in [-0.3, -0.25) is 9.48 Å². The maximum atomic E-state index is 12.1. The number of rotatable bonds is 9. The zero-order chi connectivity index (χ0) is 18.1. The molecule has 2 aromatic heterocycles. The molecule has 2 heterocycles. The van der Waals surface area contributed by atoms with Crippen molar-refractivity contribution in [1.29, 1.82) is 0 Å². The van der Waals surface area contributed by atoms with Crippen LogP contribution in [-0.2, 0) is 11.3 Å². The molecule has 0 spiro atoms. The molecule has 2 aliphatic rings. The van der Waals surface area contributed by atoms with Gasteiger partial charge < -0.3 is 9.88 Å². The molecule has 0 atom stereocenters. The quantitative estimate of drug-likeness (QED) is 0.539. The predicted molar refractivity (Wildman–Crippen MR) is 100 cm³/mol. The Morgan fingerprint density at radius 1 is 1.27 bits per heavy atom. The number of nitrogens with zero attached hydrogens (tertiary/aromatic N) is 5. The van der Waals surface area contributed by atoms with Crippen LogP contribution in [0, 0.1) is 13.8 Å². The zero-order valence-corrected chi connectivity index (χ0v) is 16.3. The highest BCUT2D eigenvalue weighted by Gasteiger charge is 2.36. The molecule has 4 rings (SSSR count). The third-order valence-electron chi connectivity index (χ3n) is 4.85. The Morgan fingerprint density at radius 3 is 2.73 bits per heavy atom.